The van der Waals surface area contributed by atoms with E-state index in [1.165, 1.54) is 22.9 Å². The number of aromatic nitrogens is 2. The summed E-state index contributed by atoms with van der Waals surface area (Å²) >= 11 is 0. The van der Waals surface area contributed by atoms with Gasteiger partial charge in [-0.05, 0) is 13.0 Å². The molecule has 0 aromatic carbocycles. The molecule has 2 aromatic heterocycles. The van der Waals surface area contributed by atoms with Gasteiger partial charge in [0.2, 0.25) is 0 Å². The van der Waals surface area contributed by atoms with Crippen LogP contribution >= 0.6 is 0 Å². The second kappa shape index (κ2) is 4.25. The summed E-state index contributed by atoms with van der Waals surface area (Å²) in [5, 5.41) is 12.6. The molecule has 1 N–H and O–H groups in total. The summed E-state index contributed by atoms with van der Waals surface area (Å²) in [6, 6.07) is 4.19. The Morgan fingerprint density at radius 3 is 2.88 bits per heavy atom. The molecule has 0 aliphatic rings. The summed E-state index contributed by atoms with van der Waals surface area (Å²) < 4.78 is 6.15. The number of carbonyl (C=O) groups is 1. The molecule has 0 amide bonds. The molecule has 17 heavy (non-hydrogen) atoms. The number of aromatic carboxylic acids is 1. The van der Waals surface area contributed by atoms with Crippen molar-refractivity contribution in [2.75, 3.05) is 0 Å². The van der Waals surface area contributed by atoms with Gasteiger partial charge in [0.25, 0.3) is 5.56 Å². The van der Waals surface area contributed by atoms with Crippen LogP contribution in [0.5, 0.6) is 0 Å². The first-order valence-corrected chi connectivity index (χ1v) is 4.92. The molecule has 2 rings (SSSR count). The zero-order valence-electron chi connectivity index (χ0n) is 9.08. The molecule has 0 saturated heterocycles. The smallest absolute Gasteiger partial charge is 0.337 e. The molecule has 0 radical (unpaired) electrons. The molecule has 6 nitrogen and oxygen atoms in total. The Labute approximate surface area is 96.1 Å². The van der Waals surface area contributed by atoms with E-state index in [4.69, 9.17) is 9.63 Å². The van der Waals surface area contributed by atoms with Crippen molar-refractivity contribution in [2.45, 2.75) is 13.5 Å². The van der Waals surface area contributed by atoms with Crippen LogP contribution < -0.4 is 5.56 Å². The molecule has 0 bridgehead atoms. The maximum Gasteiger partial charge on any atom is 0.337 e. The van der Waals surface area contributed by atoms with Crippen LogP contribution in [-0.2, 0) is 6.54 Å². The SMILES string of the molecule is Cc1cc(Cn2cc(C(=O)O)ccc2=O)no1. The van der Waals surface area contributed by atoms with E-state index in [0.717, 1.165) is 0 Å². The molecule has 0 aliphatic heterocycles. The van der Waals surface area contributed by atoms with Gasteiger partial charge in [0.1, 0.15) is 11.5 Å². The molecular weight excluding hydrogens is 224 g/mol. The fourth-order valence-electron chi connectivity index (χ4n) is 1.45. The monoisotopic (exact) mass is 234 g/mol. The third-order valence-electron chi connectivity index (χ3n) is 2.24. The van der Waals surface area contributed by atoms with Gasteiger partial charge in [-0.2, -0.15) is 0 Å². The first-order valence-electron chi connectivity index (χ1n) is 4.92. The maximum atomic E-state index is 11.5. The van der Waals surface area contributed by atoms with E-state index in [2.05, 4.69) is 5.16 Å². The molecule has 6 heteroatoms. The van der Waals surface area contributed by atoms with E-state index in [1.807, 2.05) is 0 Å². The average Bonchev–Trinajstić information content (AvgIpc) is 2.67. The number of pyridine rings is 1. The number of carboxylic acids is 1. The maximum absolute atomic E-state index is 11.5. The summed E-state index contributed by atoms with van der Waals surface area (Å²) in [6.07, 6.45) is 1.29. The molecule has 88 valence electrons. The highest BCUT2D eigenvalue weighted by molar-refractivity contribution is 5.87. The molecule has 0 atom stereocenters. The summed E-state index contributed by atoms with van der Waals surface area (Å²) in [4.78, 5) is 22.3. The van der Waals surface area contributed by atoms with Crippen LogP contribution in [0, 0.1) is 6.92 Å². The Balaban J connectivity index is 2.35. The Hall–Kier alpha value is -2.37. The summed E-state index contributed by atoms with van der Waals surface area (Å²) in [6.45, 7) is 1.93. The van der Waals surface area contributed by atoms with Crippen LogP contribution in [0.1, 0.15) is 21.8 Å². The van der Waals surface area contributed by atoms with E-state index in [9.17, 15) is 9.59 Å². The topological polar surface area (TPSA) is 85.3 Å². The van der Waals surface area contributed by atoms with Crippen LogP contribution in [-0.4, -0.2) is 20.8 Å². The van der Waals surface area contributed by atoms with Crippen LogP contribution in [0.2, 0.25) is 0 Å². The molecular formula is C11H10N2O4. The fraction of sp³-hybridized carbons (Fsp3) is 0.182. The van der Waals surface area contributed by atoms with Gasteiger partial charge < -0.3 is 14.2 Å². The van der Waals surface area contributed by atoms with Crippen LogP contribution in [0.4, 0.5) is 0 Å². The largest absolute Gasteiger partial charge is 0.478 e. The second-order valence-corrected chi connectivity index (χ2v) is 3.62. The van der Waals surface area contributed by atoms with Crippen molar-refractivity contribution in [3.63, 3.8) is 0 Å². The predicted octanol–water partition coefficient (Wildman–Crippen LogP) is 0.891. The molecule has 0 unspecified atom stereocenters. The molecule has 0 fully saturated rings. The minimum absolute atomic E-state index is 0.0600. The van der Waals surface area contributed by atoms with Crippen LogP contribution in [0.25, 0.3) is 0 Å². The van der Waals surface area contributed by atoms with Gasteiger partial charge in [-0.15, -0.1) is 0 Å². The lowest BCUT2D eigenvalue weighted by molar-refractivity contribution is 0.0696. The molecule has 0 spiro atoms. The zero-order chi connectivity index (χ0) is 12.4. The minimum Gasteiger partial charge on any atom is -0.478 e. The summed E-state index contributed by atoms with van der Waals surface area (Å²) in [5.41, 5.74) is 0.354. The van der Waals surface area contributed by atoms with Crippen molar-refractivity contribution in [3.8, 4) is 0 Å². The highest BCUT2D eigenvalue weighted by Crippen LogP contribution is 2.04. The third-order valence-corrected chi connectivity index (χ3v) is 2.24. The van der Waals surface area contributed by atoms with Gasteiger partial charge >= 0.3 is 5.97 Å². The quantitative estimate of drug-likeness (QED) is 0.852. The molecule has 0 aliphatic carbocycles. The lowest BCUT2D eigenvalue weighted by Gasteiger charge is -2.03. The zero-order valence-corrected chi connectivity index (χ0v) is 9.08. The minimum atomic E-state index is -1.07. The normalized spacial score (nSPS) is 10.4. The van der Waals surface area contributed by atoms with Gasteiger partial charge in [-0.3, -0.25) is 4.79 Å². The van der Waals surface area contributed by atoms with E-state index >= 15 is 0 Å². The van der Waals surface area contributed by atoms with Crippen molar-refractivity contribution in [2.24, 2.45) is 0 Å². The molecule has 0 saturated carbocycles. The third kappa shape index (κ3) is 2.41. The first-order chi connectivity index (χ1) is 8.06. The number of aryl methyl sites for hydroxylation is 1. The fourth-order valence-corrected chi connectivity index (χ4v) is 1.45. The van der Waals surface area contributed by atoms with Crippen molar-refractivity contribution >= 4 is 5.97 Å². The van der Waals surface area contributed by atoms with Crippen LogP contribution in [0.15, 0.2) is 33.7 Å². The van der Waals surface area contributed by atoms with E-state index in [0.29, 0.717) is 11.5 Å². The Morgan fingerprint density at radius 1 is 1.53 bits per heavy atom. The second-order valence-electron chi connectivity index (χ2n) is 3.62. The van der Waals surface area contributed by atoms with Gasteiger partial charge in [0, 0.05) is 18.3 Å². The van der Waals surface area contributed by atoms with Gasteiger partial charge in [-0.25, -0.2) is 4.79 Å². The van der Waals surface area contributed by atoms with Gasteiger partial charge in [0.15, 0.2) is 0 Å². The summed E-state index contributed by atoms with van der Waals surface area (Å²) in [5.74, 6) is -0.433. The van der Waals surface area contributed by atoms with Crippen LogP contribution in [0.3, 0.4) is 0 Å². The highest BCUT2D eigenvalue weighted by Gasteiger charge is 2.07. The van der Waals surface area contributed by atoms with Crippen molar-refractivity contribution in [1.29, 1.82) is 0 Å². The number of rotatable bonds is 3. The Kier molecular flexibility index (Phi) is 2.78. The number of nitrogens with zero attached hydrogens (tertiary/aromatic N) is 2. The van der Waals surface area contributed by atoms with E-state index in [1.54, 1.807) is 13.0 Å². The van der Waals surface area contributed by atoms with E-state index in [-0.39, 0.29) is 17.7 Å². The van der Waals surface area contributed by atoms with Crippen molar-refractivity contribution in [3.05, 3.63) is 51.8 Å². The standard InChI is InChI=1S/C11H10N2O4/c1-7-4-9(12-17-7)6-13-5-8(11(15)16)2-3-10(13)14/h2-5H,6H2,1H3,(H,15,16). The van der Waals surface area contributed by atoms with E-state index < -0.39 is 5.97 Å². The first kappa shape index (κ1) is 11.1. The lowest BCUT2D eigenvalue weighted by Crippen LogP contribution is -2.20. The number of hydrogen-bond donors (Lipinski definition) is 1. The van der Waals surface area contributed by atoms with Crippen molar-refractivity contribution in [1.82, 2.24) is 9.72 Å². The van der Waals surface area contributed by atoms with Gasteiger partial charge in [0.05, 0.1) is 12.1 Å². The number of carboxylic acid groups (broad SMARTS) is 1. The van der Waals surface area contributed by atoms with Gasteiger partial charge in [-0.1, -0.05) is 5.16 Å². The molecule has 2 aromatic rings. The summed E-state index contributed by atoms with van der Waals surface area (Å²) in [7, 11) is 0. The number of hydrogen-bond acceptors (Lipinski definition) is 4. The Morgan fingerprint density at radius 2 is 2.29 bits per heavy atom. The average molecular weight is 234 g/mol. The lowest BCUT2D eigenvalue weighted by atomic mass is 10.3. The predicted molar refractivity (Wildman–Crippen MR) is 58.0 cm³/mol. The Bertz CT molecular complexity index is 612. The van der Waals surface area contributed by atoms with Crippen molar-refractivity contribution < 1.29 is 14.4 Å². The highest BCUT2D eigenvalue weighted by atomic mass is 16.5. The molecule has 2 heterocycles.